The van der Waals surface area contributed by atoms with Crippen molar-refractivity contribution in [2.75, 3.05) is 20.2 Å². The minimum absolute atomic E-state index is 0.272. The van der Waals surface area contributed by atoms with E-state index in [0.717, 1.165) is 42.4 Å². The second-order valence-corrected chi connectivity index (χ2v) is 6.97. The van der Waals surface area contributed by atoms with Gasteiger partial charge >= 0.3 is 0 Å². The largest absolute Gasteiger partial charge is 0.497 e. The Morgan fingerprint density at radius 2 is 2.08 bits per heavy atom. The Labute approximate surface area is 157 Å². The molecule has 2 heterocycles. The van der Waals surface area contributed by atoms with Crippen LogP contribution in [0.1, 0.15) is 23.8 Å². The van der Waals surface area contributed by atoms with Gasteiger partial charge in [0.25, 0.3) is 0 Å². The maximum Gasteiger partial charge on any atom is 0.231 e. The summed E-state index contributed by atoms with van der Waals surface area (Å²) < 4.78 is 10.8. The lowest BCUT2D eigenvalue weighted by atomic mass is 10.1. The third-order valence-electron chi connectivity index (χ3n) is 4.71. The van der Waals surface area contributed by atoms with Crippen molar-refractivity contribution in [3.8, 4) is 17.1 Å². The molecule has 0 radical (unpaired) electrons. The van der Waals surface area contributed by atoms with Crippen LogP contribution in [0.2, 0.25) is 5.02 Å². The molecule has 0 amide bonds. The zero-order valence-corrected chi connectivity index (χ0v) is 15.3. The van der Waals surface area contributed by atoms with E-state index in [4.69, 9.17) is 20.9 Å². The highest BCUT2D eigenvalue weighted by atomic mass is 35.5. The molecule has 26 heavy (non-hydrogen) atoms. The first kappa shape index (κ1) is 17.1. The van der Waals surface area contributed by atoms with Gasteiger partial charge in [-0.3, -0.25) is 4.90 Å². The highest BCUT2D eigenvalue weighted by Crippen LogP contribution is 2.29. The summed E-state index contributed by atoms with van der Waals surface area (Å²) >= 11 is 5.95. The van der Waals surface area contributed by atoms with E-state index < -0.39 is 0 Å². The van der Waals surface area contributed by atoms with Crippen molar-refractivity contribution in [1.29, 1.82) is 0 Å². The fourth-order valence-corrected chi connectivity index (χ4v) is 3.43. The number of halogens is 1. The molecular weight excluding hydrogens is 350 g/mol. The number of hydrogen-bond acceptors (Lipinski definition) is 5. The lowest BCUT2D eigenvalue weighted by Crippen LogP contribution is -2.19. The Balaban J connectivity index is 1.42. The van der Waals surface area contributed by atoms with E-state index in [0.29, 0.717) is 11.7 Å². The maximum atomic E-state index is 5.95. The van der Waals surface area contributed by atoms with Crippen molar-refractivity contribution in [2.45, 2.75) is 18.9 Å². The van der Waals surface area contributed by atoms with Crippen molar-refractivity contribution >= 4 is 11.6 Å². The average Bonchev–Trinajstić information content (AvgIpc) is 3.33. The summed E-state index contributed by atoms with van der Waals surface area (Å²) in [6, 6.07) is 15.7. The lowest BCUT2D eigenvalue weighted by molar-refractivity contribution is 0.309. The molecule has 0 bridgehead atoms. The van der Waals surface area contributed by atoms with E-state index in [2.05, 4.69) is 27.2 Å². The number of hydrogen-bond donors (Lipinski definition) is 0. The molecule has 3 aromatic rings. The van der Waals surface area contributed by atoms with Gasteiger partial charge in [0, 0.05) is 23.7 Å². The number of benzene rings is 2. The van der Waals surface area contributed by atoms with E-state index >= 15 is 0 Å². The lowest BCUT2D eigenvalue weighted by Gasteiger charge is -2.15. The number of rotatable bonds is 5. The molecule has 1 aliphatic rings. The van der Waals surface area contributed by atoms with Crippen molar-refractivity contribution in [3.05, 3.63) is 65.0 Å². The van der Waals surface area contributed by atoms with Crippen LogP contribution in [0, 0.1) is 0 Å². The monoisotopic (exact) mass is 369 g/mol. The van der Waals surface area contributed by atoms with Crippen LogP contribution in [0.5, 0.6) is 5.75 Å². The number of likely N-dealkylation sites (tertiary alicyclic amines) is 1. The van der Waals surface area contributed by atoms with Gasteiger partial charge in [0.05, 0.1) is 13.0 Å². The first-order valence-corrected chi connectivity index (χ1v) is 9.04. The second-order valence-electron chi connectivity index (χ2n) is 6.54. The van der Waals surface area contributed by atoms with Gasteiger partial charge in [-0.15, -0.1) is 0 Å². The molecule has 1 saturated heterocycles. The van der Waals surface area contributed by atoms with E-state index in [9.17, 15) is 0 Å². The minimum Gasteiger partial charge on any atom is -0.497 e. The predicted molar refractivity (Wildman–Crippen MR) is 100 cm³/mol. The molecule has 2 aromatic carbocycles. The van der Waals surface area contributed by atoms with Gasteiger partial charge in [-0.2, -0.15) is 4.98 Å². The third-order valence-corrected chi connectivity index (χ3v) is 4.96. The summed E-state index contributed by atoms with van der Waals surface area (Å²) in [6.45, 7) is 2.84. The Hall–Kier alpha value is -2.37. The Morgan fingerprint density at radius 1 is 1.23 bits per heavy atom. The second kappa shape index (κ2) is 7.48. The molecule has 0 saturated carbocycles. The zero-order valence-electron chi connectivity index (χ0n) is 14.6. The van der Waals surface area contributed by atoms with Gasteiger partial charge in [-0.1, -0.05) is 41.0 Å². The Kier molecular flexibility index (Phi) is 4.91. The molecule has 5 nitrogen and oxygen atoms in total. The predicted octanol–water partition coefficient (Wildman–Crippen LogP) is 4.39. The van der Waals surface area contributed by atoms with Crippen LogP contribution >= 0.6 is 11.6 Å². The van der Waals surface area contributed by atoms with Crippen LogP contribution < -0.4 is 4.74 Å². The van der Waals surface area contributed by atoms with Gasteiger partial charge < -0.3 is 9.26 Å². The van der Waals surface area contributed by atoms with Crippen LogP contribution in [0.3, 0.4) is 0 Å². The SMILES string of the molecule is COc1cccc(-c2noc([C@H]3CCN(Cc4ccc(Cl)cc4)C3)n2)c1. The van der Waals surface area contributed by atoms with Crippen LogP contribution in [0.4, 0.5) is 0 Å². The van der Waals surface area contributed by atoms with Crippen molar-refractivity contribution in [2.24, 2.45) is 0 Å². The van der Waals surface area contributed by atoms with E-state index in [-0.39, 0.29) is 5.92 Å². The highest BCUT2D eigenvalue weighted by Gasteiger charge is 2.28. The van der Waals surface area contributed by atoms with Gasteiger partial charge in [0.2, 0.25) is 11.7 Å². The van der Waals surface area contributed by atoms with Gasteiger partial charge in [-0.05, 0) is 42.8 Å². The summed E-state index contributed by atoms with van der Waals surface area (Å²) in [5.74, 6) is 2.37. The third kappa shape index (κ3) is 3.74. The van der Waals surface area contributed by atoms with E-state index in [1.807, 2.05) is 36.4 Å². The fourth-order valence-electron chi connectivity index (χ4n) is 3.31. The minimum atomic E-state index is 0.272. The Morgan fingerprint density at radius 3 is 2.88 bits per heavy atom. The molecular formula is C20H20ClN3O2. The van der Waals surface area contributed by atoms with E-state index in [1.165, 1.54) is 5.56 Å². The highest BCUT2D eigenvalue weighted by molar-refractivity contribution is 6.30. The zero-order chi connectivity index (χ0) is 17.9. The summed E-state index contributed by atoms with van der Waals surface area (Å²) in [5, 5.41) is 4.92. The van der Waals surface area contributed by atoms with Crippen LogP contribution in [0.15, 0.2) is 53.1 Å². The number of methoxy groups -OCH3 is 1. The molecule has 134 valence electrons. The maximum absolute atomic E-state index is 5.95. The van der Waals surface area contributed by atoms with Gasteiger partial charge in [0.15, 0.2) is 0 Å². The average molecular weight is 370 g/mol. The van der Waals surface area contributed by atoms with Crippen molar-refractivity contribution < 1.29 is 9.26 Å². The molecule has 0 spiro atoms. The molecule has 1 aliphatic heterocycles. The van der Waals surface area contributed by atoms with Crippen molar-refractivity contribution in [3.63, 3.8) is 0 Å². The summed E-state index contributed by atoms with van der Waals surface area (Å²) in [5.41, 5.74) is 2.16. The first-order chi connectivity index (χ1) is 12.7. The smallest absolute Gasteiger partial charge is 0.231 e. The van der Waals surface area contributed by atoms with E-state index in [1.54, 1.807) is 7.11 Å². The number of aromatic nitrogens is 2. The quantitative estimate of drug-likeness (QED) is 0.667. The molecule has 4 rings (SSSR count). The van der Waals surface area contributed by atoms with Crippen LogP contribution in [-0.4, -0.2) is 35.2 Å². The number of nitrogens with zero attached hydrogens (tertiary/aromatic N) is 3. The topological polar surface area (TPSA) is 51.4 Å². The number of ether oxygens (including phenoxy) is 1. The Bertz CT molecular complexity index is 879. The van der Waals surface area contributed by atoms with Gasteiger partial charge in [0.1, 0.15) is 5.75 Å². The first-order valence-electron chi connectivity index (χ1n) is 8.66. The normalized spacial score (nSPS) is 17.5. The van der Waals surface area contributed by atoms with Gasteiger partial charge in [-0.25, -0.2) is 0 Å². The summed E-state index contributed by atoms with van der Waals surface area (Å²) in [7, 11) is 1.65. The molecule has 0 unspecified atom stereocenters. The molecule has 6 heteroatoms. The molecule has 1 atom stereocenters. The summed E-state index contributed by atoms with van der Waals surface area (Å²) in [4.78, 5) is 7.02. The molecule has 0 N–H and O–H groups in total. The fraction of sp³-hybridized carbons (Fsp3) is 0.300. The summed E-state index contributed by atoms with van der Waals surface area (Å²) in [6.07, 6.45) is 1.02. The van der Waals surface area contributed by atoms with Crippen LogP contribution in [-0.2, 0) is 6.54 Å². The van der Waals surface area contributed by atoms with Crippen molar-refractivity contribution in [1.82, 2.24) is 15.0 Å². The molecule has 0 aliphatic carbocycles. The molecule has 1 fully saturated rings. The molecule has 1 aromatic heterocycles. The van der Waals surface area contributed by atoms with Crippen LogP contribution in [0.25, 0.3) is 11.4 Å². The standard InChI is InChI=1S/C20H20ClN3O2/c1-25-18-4-2-3-15(11-18)19-22-20(26-23-19)16-9-10-24(13-16)12-14-5-7-17(21)8-6-14/h2-8,11,16H,9-10,12-13H2,1H3/t16-/m0/s1.